The molecule has 0 aliphatic carbocycles. The highest BCUT2D eigenvalue weighted by atomic mass is 32.2. The number of nitrogens with one attached hydrogen (secondary N) is 1. The summed E-state index contributed by atoms with van der Waals surface area (Å²) in [6.07, 6.45) is 5.82. The minimum atomic E-state index is -2.95. The lowest BCUT2D eigenvalue weighted by molar-refractivity contribution is -0.114. The van der Waals surface area contributed by atoms with Crippen LogP contribution < -0.4 is 10.1 Å². The van der Waals surface area contributed by atoms with Gasteiger partial charge in [-0.3, -0.25) is 9.69 Å². The van der Waals surface area contributed by atoms with Crippen molar-refractivity contribution in [2.75, 3.05) is 37.0 Å². The van der Waals surface area contributed by atoms with E-state index in [2.05, 4.69) is 20.2 Å². The first-order valence-electron chi connectivity index (χ1n) is 12.2. The van der Waals surface area contributed by atoms with Gasteiger partial charge in [0, 0.05) is 41.7 Å². The summed E-state index contributed by atoms with van der Waals surface area (Å²) in [6, 6.07) is 8.40. The molecule has 0 saturated carbocycles. The van der Waals surface area contributed by atoms with Gasteiger partial charge in [-0.15, -0.1) is 0 Å². The van der Waals surface area contributed by atoms with E-state index in [1.807, 2.05) is 12.1 Å². The summed E-state index contributed by atoms with van der Waals surface area (Å²) >= 11 is 0. The molecule has 8 nitrogen and oxygen atoms in total. The molecule has 194 valence electrons. The normalized spacial score (nSPS) is 20.9. The number of hydrogen-bond acceptors (Lipinski definition) is 8. The van der Waals surface area contributed by atoms with Gasteiger partial charge in [0.2, 0.25) is 0 Å². The first-order chi connectivity index (χ1) is 17.7. The van der Waals surface area contributed by atoms with Crippen molar-refractivity contribution in [3.63, 3.8) is 0 Å². The molecule has 10 heteroatoms. The summed E-state index contributed by atoms with van der Waals surface area (Å²) in [7, 11) is -1.40. The van der Waals surface area contributed by atoms with E-state index in [4.69, 9.17) is 4.74 Å². The molecule has 2 aromatic carbocycles. The number of fused-ring (bicyclic) bond motifs is 2. The molecule has 2 saturated heterocycles. The van der Waals surface area contributed by atoms with Gasteiger partial charge in [0.1, 0.15) is 23.7 Å². The number of nitrogens with zero attached hydrogens (tertiary/aromatic N) is 3. The lowest BCUT2D eigenvalue weighted by Crippen LogP contribution is -2.33. The zero-order valence-electron chi connectivity index (χ0n) is 20.8. The van der Waals surface area contributed by atoms with Crippen molar-refractivity contribution in [1.82, 2.24) is 14.9 Å². The average Bonchev–Trinajstić information content (AvgIpc) is 3.36. The summed E-state index contributed by atoms with van der Waals surface area (Å²) in [4.78, 5) is 23.7. The molecule has 2 unspecified atom stereocenters. The van der Waals surface area contributed by atoms with Crippen molar-refractivity contribution in [1.29, 1.82) is 0 Å². The Morgan fingerprint density at radius 2 is 2.08 bits per heavy atom. The number of hydrogen-bond donors (Lipinski definition) is 1. The number of ketones is 1. The molecule has 3 heterocycles. The predicted octanol–water partition coefficient (Wildman–Crippen LogP) is 3.62. The van der Waals surface area contributed by atoms with Gasteiger partial charge in [0.05, 0.1) is 24.1 Å². The highest BCUT2D eigenvalue weighted by Gasteiger charge is 2.44. The molecule has 1 N–H and O–H groups in total. The van der Waals surface area contributed by atoms with E-state index in [1.165, 1.54) is 12.4 Å². The number of aromatic nitrogens is 2. The van der Waals surface area contributed by atoms with E-state index >= 15 is 0 Å². The molecule has 0 bridgehead atoms. The molecule has 3 aromatic rings. The van der Waals surface area contributed by atoms with E-state index in [9.17, 15) is 17.6 Å². The summed E-state index contributed by atoms with van der Waals surface area (Å²) < 4.78 is 43.1. The third-order valence-corrected chi connectivity index (χ3v) is 8.94. The molecule has 1 aromatic heterocycles. The topological polar surface area (TPSA) is 101 Å². The quantitative estimate of drug-likeness (QED) is 0.446. The van der Waals surface area contributed by atoms with E-state index < -0.39 is 9.84 Å². The minimum absolute atomic E-state index is 0.0566. The second-order valence-electron chi connectivity index (χ2n) is 9.73. The van der Waals surface area contributed by atoms with Crippen LogP contribution in [0.15, 0.2) is 48.8 Å². The van der Waals surface area contributed by atoms with Crippen LogP contribution in [0.2, 0.25) is 0 Å². The number of rotatable bonds is 8. The van der Waals surface area contributed by atoms with Crippen LogP contribution in [0.5, 0.6) is 5.75 Å². The van der Waals surface area contributed by atoms with Crippen LogP contribution in [-0.4, -0.2) is 66.8 Å². The zero-order chi connectivity index (χ0) is 26.2. The molecule has 2 aliphatic rings. The Hall–Kier alpha value is -3.37. The minimum Gasteiger partial charge on any atom is -0.496 e. The Morgan fingerprint density at radius 3 is 2.86 bits per heavy atom. The van der Waals surface area contributed by atoms with E-state index in [-0.39, 0.29) is 41.5 Å². The van der Waals surface area contributed by atoms with Gasteiger partial charge < -0.3 is 10.1 Å². The van der Waals surface area contributed by atoms with E-state index in [0.29, 0.717) is 45.8 Å². The molecule has 2 aliphatic heterocycles. The molecule has 2 atom stereocenters. The van der Waals surface area contributed by atoms with E-state index in [1.54, 1.807) is 38.3 Å². The maximum atomic E-state index is 13.7. The van der Waals surface area contributed by atoms with Gasteiger partial charge in [-0.25, -0.2) is 22.8 Å². The van der Waals surface area contributed by atoms with Crippen LogP contribution in [0, 0.1) is 18.7 Å². The van der Waals surface area contributed by atoms with Crippen LogP contribution in [0.3, 0.4) is 0 Å². The first-order valence-corrected chi connectivity index (χ1v) is 14.0. The maximum absolute atomic E-state index is 13.7. The van der Waals surface area contributed by atoms with Crippen molar-refractivity contribution in [2.24, 2.45) is 5.92 Å². The number of ether oxygens (including phenoxy) is 1. The van der Waals surface area contributed by atoms with Gasteiger partial charge in [0.25, 0.3) is 0 Å². The fraction of sp³-hybridized carbons (Fsp3) is 0.370. The van der Waals surface area contributed by atoms with Crippen molar-refractivity contribution >= 4 is 38.0 Å². The Labute approximate surface area is 215 Å². The van der Waals surface area contributed by atoms with Crippen LogP contribution in [0.25, 0.3) is 10.9 Å². The molecule has 0 radical (unpaired) electrons. The van der Waals surface area contributed by atoms with Crippen molar-refractivity contribution < 1.29 is 22.3 Å². The van der Waals surface area contributed by atoms with Crippen LogP contribution in [0.1, 0.15) is 17.5 Å². The number of aryl methyl sites for hydroxylation is 1. The Morgan fingerprint density at radius 1 is 1.24 bits per heavy atom. The largest absolute Gasteiger partial charge is 0.496 e. The number of sulfone groups is 1. The monoisotopic (exact) mass is 524 g/mol. The first kappa shape index (κ1) is 25.3. The van der Waals surface area contributed by atoms with Crippen LogP contribution in [-0.2, 0) is 21.1 Å². The SMILES string of the molecule is COc1cc2ncnc(Nc3ccc(F)c(C)c3)c2cc1CC(=O)/C=C/CN1CCC2CS(=O)(=O)CC21. The summed E-state index contributed by atoms with van der Waals surface area (Å²) in [5.74, 6) is 1.42. The molecule has 2 fully saturated rings. The van der Waals surface area contributed by atoms with Gasteiger partial charge in [0.15, 0.2) is 15.6 Å². The Bertz CT molecular complexity index is 1490. The predicted molar refractivity (Wildman–Crippen MR) is 140 cm³/mol. The van der Waals surface area contributed by atoms with E-state index in [0.717, 1.165) is 13.0 Å². The lowest BCUT2D eigenvalue weighted by atomic mass is 10.0. The van der Waals surface area contributed by atoms with Crippen LogP contribution >= 0.6 is 0 Å². The number of carbonyl (C=O) groups is 1. The second-order valence-corrected chi connectivity index (χ2v) is 11.9. The fourth-order valence-corrected chi connectivity index (χ4v) is 7.47. The van der Waals surface area contributed by atoms with Gasteiger partial charge >= 0.3 is 0 Å². The number of halogens is 1. The second kappa shape index (κ2) is 10.2. The number of allylic oxidation sites excluding steroid dienone is 1. The lowest BCUT2D eigenvalue weighted by Gasteiger charge is -2.20. The molecule has 0 spiro atoms. The number of carbonyl (C=O) groups excluding carboxylic acids is 1. The molecule has 37 heavy (non-hydrogen) atoms. The van der Waals surface area contributed by atoms with Crippen molar-refractivity contribution in [3.8, 4) is 5.75 Å². The zero-order valence-corrected chi connectivity index (χ0v) is 21.6. The molecular weight excluding hydrogens is 495 g/mol. The highest BCUT2D eigenvalue weighted by Crippen LogP contribution is 2.33. The molecule has 5 rings (SSSR count). The third kappa shape index (κ3) is 5.50. The number of likely N-dealkylation sites (tertiary alicyclic amines) is 1. The van der Waals surface area contributed by atoms with Gasteiger partial charge in [-0.1, -0.05) is 6.08 Å². The summed E-state index contributed by atoms with van der Waals surface area (Å²) in [5.41, 5.74) is 2.55. The van der Waals surface area contributed by atoms with Crippen molar-refractivity contribution in [2.45, 2.75) is 25.8 Å². The smallest absolute Gasteiger partial charge is 0.159 e. The standard InChI is InChI=1S/C27H29FN4O4S/c1-17-10-20(5-6-23(17)28)31-27-22-12-19(26(36-2)13-24(22)29-16-30-27)11-21(33)4-3-8-32-9-7-18-14-37(34,35)15-25(18)32/h3-6,10,12-13,16,18,25H,7-9,11,14-15H2,1-2H3,(H,29,30,31)/b4-3+. The molecular formula is C27H29FN4O4S. The fourth-order valence-electron chi connectivity index (χ4n) is 5.29. The summed E-state index contributed by atoms with van der Waals surface area (Å²) in [5, 5.41) is 3.93. The van der Waals surface area contributed by atoms with Gasteiger partial charge in [-0.2, -0.15) is 0 Å². The Kier molecular flexibility index (Phi) is 6.96. The van der Waals surface area contributed by atoms with Crippen LogP contribution in [0.4, 0.5) is 15.9 Å². The average molecular weight is 525 g/mol. The van der Waals surface area contributed by atoms with Crippen molar-refractivity contribution in [3.05, 3.63) is 65.8 Å². The third-order valence-electron chi connectivity index (χ3n) is 7.16. The summed E-state index contributed by atoms with van der Waals surface area (Å²) in [6.45, 7) is 3.10. The molecule has 0 amide bonds. The number of benzene rings is 2. The number of anilines is 2. The van der Waals surface area contributed by atoms with Gasteiger partial charge in [-0.05, 0) is 61.7 Å². The Balaban J connectivity index is 1.32. The highest BCUT2D eigenvalue weighted by molar-refractivity contribution is 7.91. The maximum Gasteiger partial charge on any atom is 0.159 e. The number of methoxy groups -OCH3 is 1.